The molecule has 20 heavy (non-hydrogen) atoms. The molecule has 2 fully saturated rings. The average Bonchev–Trinajstić information content (AvgIpc) is 3.18. The van der Waals surface area contributed by atoms with Gasteiger partial charge < -0.3 is 9.57 Å². The lowest BCUT2D eigenvalue weighted by molar-refractivity contribution is 0.0275. The van der Waals surface area contributed by atoms with Crippen LogP contribution >= 0.6 is 0 Å². The first-order chi connectivity index (χ1) is 9.86. The lowest BCUT2D eigenvalue weighted by atomic mass is 9.81. The van der Waals surface area contributed by atoms with Crippen LogP contribution in [0.5, 0.6) is 5.75 Å². The predicted octanol–water partition coefficient (Wildman–Crippen LogP) is 2.74. The van der Waals surface area contributed by atoms with Crippen LogP contribution in [0, 0.1) is 29.1 Å². The zero-order valence-electron chi connectivity index (χ0n) is 11.2. The van der Waals surface area contributed by atoms with E-state index in [2.05, 4.69) is 5.16 Å². The van der Waals surface area contributed by atoms with Crippen LogP contribution in [0.15, 0.2) is 29.4 Å². The molecule has 0 radical (unpaired) electrons. The zero-order chi connectivity index (χ0) is 13.5. The van der Waals surface area contributed by atoms with E-state index in [0.29, 0.717) is 17.9 Å². The van der Waals surface area contributed by atoms with E-state index in [9.17, 15) is 0 Å². The summed E-state index contributed by atoms with van der Waals surface area (Å²) in [6, 6.07) is 9.80. The number of hydrogen-bond donors (Lipinski definition) is 0. The van der Waals surface area contributed by atoms with E-state index in [0.717, 1.165) is 22.9 Å². The molecule has 102 valence electrons. The molecule has 2 saturated carbocycles. The average molecular weight is 268 g/mol. The zero-order valence-corrected chi connectivity index (χ0v) is 11.2. The van der Waals surface area contributed by atoms with Crippen molar-refractivity contribution in [3.05, 3.63) is 29.8 Å². The second kappa shape index (κ2) is 4.52. The number of rotatable bonds is 3. The lowest BCUT2D eigenvalue weighted by Gasteiger charge is -2.23. The highest BCUT2D eigenvalue weighted by atomic mass is 16.6. The summed E-state index contributed by atoms with van der Waals surface area (Å²) in [6.07, 6.45) is 4.24. The first-order valence-corrected chi connectivity index (χ1v) is 7.20. The van der Waals surface area contributed by atoms with Gasteiger partial charge in [0.25, 0.3) is 0 Å². The third-order valence-corrected chi connectivity index (χ3v) is 4.88. The highest BCUT2D eigenvalue weighted by Gasteiger charge is 2.54. The van der Waals surface area contributed by atoms with Gasteiger partial charge in [0.15, 0.2) is 6.61 Å². The molecule has 2 bridgehead atoms. The molecule has 4 nitrogen and oxygen atoms in total. The summed E-state index contributed by atoms with van der Waals surface area (Å²) in [5, 5.41) is 12.9. The molecule has 0 amide bonds. The van der Waals surface area contributed by atoms with Gasteiger partial charge in [-0.05, 0) is 55.4 Å². The third-order valence-electron chi connectivity index (χ3n) is 4.88. The Labute approximate surface area is 118 Å². The number of hydrogen-bond acceptors (Lipinski definition) is 4. The molecule has 2 aliphatic carbocycles. The Morgan fingerprint density at radius 3 is 2.85 bits per heavy atom. The lowest BCUT2D eigenvalue weighted by Crippen LogP contribution is -2.29. The normalized spacial score (nSPS) is 33.2. The van der Waals surface area contributed by atoms with Crippen molar-refractivity contribution in [2.45, 2.75) is 25.4 Å². The molecule has 1 aliphatic heterocycles. The van der Waals surface area contributed by atoms with Crippen LogP contribution in [-0.2, 0) is 4.84 Å². The van der Waals surface area contributed by atoms with Gasteiger partial charge >= 0.3 is 0 Å². The van der Waals surface area contributed by atoms with E-state index in [1.54, 1.807) is 0 Å². The second-order valence-corrected chi connectivity index (χ2v) is 5.88. The summed E-state index contributed by atoms with van der Waals surface area (Å²) in [6.45, 7) is 0.0812. The van der Waals surface area contributed by atoms with E-state index >= 15 is 0 Å². The monoisotopic (exact) mass is 268 g/mol. The summed E-state index contributed by atoms with van der Waals surface area (Å²) in [5.41, 5.74) is 2.23. The Bertz CT molecular complexity index is 587. The van der Waals surface area contributed by atoms with Gasteiger partial charge in [-0.2, -0.15) is 5.26 Å². The topological polar surface area (TPSA) is 54.6 Å². The SMILES string of the molecule is N#CCOc1ccc(C2=NO[C@H]3[C@@H]4CC[C@@H](C4)[C@@H]23)cc1. The maximum Gasteiger partial charge on any atom is 0.174 e. The van der Waals surface area contributed by atoms with Crippen molar-refractivity contribution < 1.29 is 9.57 Å². The number of nitriles is 1. The molecule has 1 heterocycles. The van der Waals surface area contributed by atoms with E-state index in [1.807, 2.05) is 30.3 Å². The van der Waals surface area contributed by atoms with Crippen molar-refractivity contribution in [1.29, 1.82) is 5.26 Å². The third kappa shape index (κ3) is 1.70. The van der Waals surface area contributed by atoms with Crippen molar-refractivity contribution in [2.75, 3.05) is 6.61 Å². The van der Waals surface area contributed by atoms with Crippen LogP contribution in [0.4, 0.5) is 0 Å². The maximum absolute atomic E-state index is 8.51. The number of benzene rings is 1. The largest absolute Gasteiger partial charge is 0.479 e. The molecule has 4 atom stereocenters. The van der Waals surface area contributed by atoms with Crippen LogP contribution in [-0.4, -0.2) is 18.4 Å². The Hall–Kier alpha value is -2.02. The minimum absolute atomic E-state index is 0.0812. The van der Waals surface area contributed by atoms with Crippen LogP contribution in [0.2, 0.25) is 0 Å². The molecule has 0 aromatic heterocycles. The minimum Gasteiger partial charge on any atom is -0.479 e. The Morgan fingerprint density at radius 1 is 1.25 bits per heavy atom. The fraction of sp³-hybridized carbons (Fsp3) is 0.500. The molecule has 0 spiro atoms. The number of fused-ring (bicyclic) bond motifs is 5. The highest BCUT2D eigenvalue weighted by molar-refractivity contribution is 6.03. The maximum atomic E-state index is 8.51. The summed E-state index contributed by atoms with van der Waals surface area (Å²) >= 11 is 0. The molecule has 0 saturated heterocycles. The molecular weight excluding hydrogens is 252 g/mol. The summed E-state index contributed by atoms with van der Waals surface area (Å²) in [4.78, 5) is 5.69. The van der Waals surface area contributed by atoms with E-state index in [-0.39, 0.29) is 6.61 Å². The summed E-state index contributed by atoms with van der Waals surface area (Å²) in [5.74, 6) is 2.67. The summed E-state index contributed by atoms with van der Waals surface area (Å²) < 4.78 is 5.28. The number of nitrogens with zero attached hydrogens (tertiary/aromatic N) is 2. The molecule has 1 aromatic carbocycles. The first kappa shape index (κ1) is 11.8. The van der Waals surface area contributed by atoms with Crippen LogP contribution in [0.3, 0.4) is 0 Å². The fourth-order valence-corrected chi connectivity index (χ4v) is 4.03. The number of ether oxygens (including phenoxy) is 1. The fourth-order valence-electron chi connectivity index (χ4n) is 4.03. The number of oxime groups is 1. The van der Waals surface area contributed by atoms with Crippen LogP contribution in [0.1, 0.15) is 24.8 Å². The van der Waals surface area contributed by atoms with Crippen molar-refractivity contribution >= 4 is 5.71 Å². The molecule has 1 aromatic rings. The van der Waals surface area contributed by atoms with E-state index in [1.165, 1.54) is 19.3 Å². The van der Waals surface area contributed by atoms with E-state index < -0.39 is 0 Å². The van der Waals surface area contributed by atoms with Gasteiger partial charge in [0.1, 0.15) is 17.9 Å². The smallest absolute Gasteiger partial charge is 0.174 e. The van der Waals surface area contributed by atoms with Gasteiger partial charge in [0.05, 0.1) is 5.71 Å². The van der Waals surface area contributed by atoms with Crippen molar-refractivity contribution in [3.8, 4) is 11.8 Å². The van der Waals surface area contributed by atoms with Crippen LogP contribution in [0.25, 0.3) is 0 Å². The molecule has 3 aliphatic rings. The van der Waals surface area contributed by atoms with Gasteiger partial charge in [-0.1, -0.05) is 5.16 Å². The van der Waals surface area contributed by atoms with Gasteiger partial charge in [-0.25, -0.2) is 0 Å². The molecule has 0 unspecified atom stereocenters. The second-order valence-electron chi connectivity index (χ2n) is 5.88. The van der Waals surface area contributed by atoms with Gasteiger partial charge in [-0.15, -0.1) is 0 Å². The Balaban J connectivity index is 1.55. The quantitative estimate of drug-likeness (QED) is 0.847. The van der Waals surface area contributed by atoms with Crippen molar-refractivity contribution in [1.82, 2.24) is 0 Å². The van der Waals surface area contributed by atoms with Gasteiger partial charge in [-0.3, -0.25) is 0 Å². The molecular formula is C16H16N2O2. The summed E-state index contributed by atoms with van der Waals surface area (Å²) in [7, 11) is 0. The van der Waals surface area contributed by atoms with Crippen molar-refractivity contribution in [3.63, 3.8) is 0 Å². The first-order valence-electron chi connectivity index (χ1n) is 7.20. The van der Waals surface area contributed by atoms with Crippen molar-refractivity contribution in [2.24, 2.45) is 22.9 Å². The highest BCUT2D eigenvalue weighted by Crippen LogP contribution is 2.53. The predicted molar refractivity (Wildman–Crippen MR) is 73.3 cm³/mol. The molecule has 0 N–H and O–H groups in total. The minimum atomic E-state index is 0.0812. The standard InChI is InChI=1S/C16H16N2O2/c17-7-8-19-13-5-3-10(4-6-13)15-14-11-1-2-12(9-11)16(14)20-18-15/h3-6,11-12,14,16H,1-2,8-9H2/t11-,12+,14-,16-/m0/s1. The van der Waals surface area contributed by atoms with Gasteiger partial charge in [0, 0.05) is 11.5 Å². The van der Waals surface area contributed by atoms with Crippen LogP contribution < -0.4 is 4.74 Å². The Morgan fingerprint density at radius 2 is 2.05 bits per heavy atom. The molecule has 4 heteroatoms. The Kier molecular flexibility index (Phi) is 2.66. The van der Waals surface area contributed by atoms with E-state index in [4.69, 9.17) is 14.8 Å². The molecule has 4 rings (SSSR count). The van der Waals surface area contributed by atoms with Gasteiger partial charge in [0.2, 0.25) is 0 Å².